The molecule has 4 heteroatoms. The lowest BCUT2D eigenvalue weighted by Crippen LogP contribution is -2.28. The second-order valence-electron chi connectivity index (χ2n) is 7.41. The molecule has 0 aromatic heterocycles. The minimum absolute atomic E-state index is 0.216. The molecular formula is C21H25FN2O. The predicted molar refractivity (Wildman–Crippen MR) is 97.0 cm³/mol. The summed E-state index contributed by atoms with van der Waals surface area (Å²) in [6.45, 7) is 5.89. The van der Waals surface area contributed by atoms with E-state index in [4.69, 9.17) is 4.74 Å². The molecule has 2 aliphatic heterocycles. The maximum Gasteiger partial charge on any atom is 0.129 e. The minimum atomic E-state index is -0.216. The molecule has 2 aromatic rings. The van der Waals surface area contributed by atoms with Gasteiger partial charge in [-0.3, -0.25) is 4.90 Å². The van der Waals surface area contributed by atoms with Gasteiger partial charge in [-0.05, 0) is 55.1 Å². The lowest BCUT2D eigenvalue weighted by Gasteiger charge is -2.23. The minimum Gasteiger partial charge on any atom is -0.489 e. The van der Waals surface area contributed by atoms with Crippen LogP contribution in [0.3, 0.4) is 0 Å². The maximum absolute atomic E-state index is 13.7. The molecule has 2 saturated heterocycles. The number of nitrogens with one attached hydrogen (secondary N) is 1. The summed E-state index contributed by atoms with van der Waals surface area (Å²) in [4.78, 5) is 2.54. The van der Waals surface area contributed by atoms with Crippen molar-refractivity contribution in [3.63, 3.8) is 0 Å². The Hall–Kier alpha value is -1.91. The summed E-state index contributed by atoms with van der Waals surface area (Å²) in [5.41, 5.74) is 2.34. The van der Waals surface area contributed by atoms with Crippen molar-refractivity contribution in [2.75, 3.05) is 26.2 Å². The van der Waals surface area contributed by atoms with Gasteiger partial charge in [0, 0.05) is 25.2 Å². The summed E-state index contributed by atoms with van der Waals surface area (Å²) in [6.07, 6.45) is 2.60. The maximum atomic E-state index is 13.7. The van der Waals surface area contributed by atoms with Crippen molar-refractivity contribution in [1.29, 1.82) is 0 Å². The number of rotatable bonds is 5. The number of halogens is 1. The quantitative estimate of drug-likeness (QED) is 0.900. The van der Waals surface area contributed by atoms with Gasteiger partial charge in [0.15, 0.2) is 0 Å². The summed E-state index contributed by atoms with van der Waals surface area (Å²) in [6, 6.07) is 15.0. The van der Waals surface area contributed by atoms with Gasteiger partial charge in [0.05, 0.1) is 0 Å². The third-order valence-electron chi connectivity index (χ3n) is 5.51. The number of ether oxygens (including phenoxy) is 1. The molecule has 0 aliphatic carbocycles. The average Bonchev–Trinajstić information content (AvgIpc) is 3.24. The van der Waals surface area contributed by atoms with Crippen LogP contribution in [-0.4, -0.2) is 31.1 Å². The van der Waals surface area contributed by atoms with Crippen LogP contribution in [0.4, 0.5) is 4.39 Å². The molecular weight excluding hydrogens is 315 g/mol. The van der Waals surface area contributed by atoms with Crippen LogP contribution in [0.2, 0.25) is 0 Å². The summed E-state index contributed by atoms with van der Waals surface area (Å²) in [5.74, 6) is 0.586. The Kier molecular flexibility index (Phi) is 4.73. The second kappa shape index (κ2) is 7.14. The van der Waals surface area contributed by atoms with Crippen LogP contribution in [0.5, 0.6) is 5.75 Å². The van der Waals surface area contributed by atoms with Gasteiger partial charge in [0.1, 0.15) is 18.2 Å². The van der Waals surface area contributed by atoms with Crippen LogP contribution >= 0.6 is 0 Å². The Labute approximate surface area is 148 Å². The van der Waals surface area contributed by atoms with Crippen LogP contribution in [0.25, 0.3) is 0 Å². The molecule has 1 atom stereocenters. The molecule has 1 spiro atoms. The van der Waals surface area contributed by atoms with Gasteiger partial charge in [-0.15, -0.1) is 0 Å². The smallest absolute Gasteiger partial charge is 0.129 e. The summed E-state index contributed by atoms with van der Waals surface area (Å²) >= 11 is 0. The number of likely N-dealkylation sites (tertiary alicyclic amines) is 1. The van der Waals surface area contributed by atoms with Crippen molar-refractivity contribution < 1.29 is 9.13 Å². The molecule has 25 heavy (non-hydrogen) atoms. The third-order valence-corrected chi connectivity index (χ3v) is 5.51. The lowest BCUT2D eigenvalue weighted by molar-refractivity contribution is 0.267. The fourth-order valence-electron chi connectivity index (χ4n) is 4.07. The topological polar surface area (TPSA) is 24.5 Å². The van der Waals surface area contributed by atoms with Gasteiger partial charge >= 0.3 is 0 Å². The van der Waals surface area contributed by atoms with Crippen LogP contribution in [-0.2, 0) is 13.2 Å². The van der Waals surface area contributed by atoms with Gasteiger partial charge in [-0.25, -0.2) is 4.39 Å². The van der Waals surface area contributed by atoms with Crippen LogP contribution in [0.15, 0.2) is 48.5 Å². The van der Waals surface area contributed by atoms with Crippen molar-refractivity contribution >= 4 is 0 Å². The SMILES string of the molecule is Fc1ccccc1COc1cccc(CN2CCC3(CCNC3)C2)c1. The number of benzene rings is 2. The second-order valence-corrected chi connectivity index (χ2v) is 7.41. The van der Waals surface area contributed by atoms with Gasteiger partial charge in [-0.2, -0.15) is 0 Å². The van der Waals surface area contributed by atoms with Crippen LogP contribution < -0.4 is 10.1 Å². The molecule has 2 fully saturated rings. The highest BCUT2D eigenvalue weighted by Crippen LogP contribution is 2.36. The Morgan fingerprint density at radius 3 is 2.88 bits per heavy atom. The van der Waals surface area contributed by atoms with E-state index in [0.717, 1.165) is 25.4 Å². The Balaban J connectivity index is 1.36. The monoisotopic (exact) mass is 340 g/mol. The van der Waals surface area contributed by atoms with Crippen LogP contribution in [0, 0.1) is 11.2 Å². The van der Waals surface area contributed by atoms with E-state index in [2.05, 4.69) is 22.3 Å². The normalized spacial score (nSPS) is 23.4. The van der Waals surface area contributed by atoms with E-state index in [1.807, 2.05) is 18.2 Å². The fourth-order valence-corrected chi connectivity index (χ4v) is 4.07. The Morgan fingerprint density at radius 2 is 2.04 bits per heavy atom. The molecule has 0 bridgehead atoms. The van der Waals surface area contributed by atoms with Crippen molar-refractivity contribution in [3.05, 3.63) is 65.5 Å². The van der Waals surface area contributed by atoms with Crippen molar-refractivity contribution in [1.82, 2.24) is 10.2 Å². The van der Waals surface area contributed by atoms with Gasteiger partial charge in [0.2, 0.25) is 0 Å². The average molecular weight is 340 g/mol. The zero-order valence-electron chi connectivity index (χ0n) is 14.5. The molecule has 132 valence electrons. The van der Waals surface area contributed by atoms with Crippen molar-refractivity contribution in [2.45, 2.75) is 26.0 Å². The van der Waals surface area contributed by atoms with Crippen LogP contribution in [0.1, 0.15) is 24.0 Å². The summed E-state index contributed by atoms with van der Waals surface area (Å²) in [7, 11) is 0. The highest BCUT2D eigenvalue weighted by Gasteiger charge is 2.39. The molecule has 0 amide bonds. The predicted octanol–water partition coefficient (Wildman–Crippen LogP) is 3.59. The van der Waals surface area contributed by atoms with E-state index >= 15 is 0 Å². The highest BCUT2D eigenvalue weighted by atomic mass is 19.1. The van der Waals surface area contributed by atoms with Gasteiger partial charge in [-0.1, -0.05) is 30.3 Å². The first-order valence-electron chi connectivity index (χ1n) is 9.11. The molecule has 2 aromatic carbocycles. The Morgan fingerprint density at radius 1 is 1.12 bits per heavy atom. The molecule has 3 nitrogen and oxygen atoms in total. The molecule has 0 radical (unpaired) electrons. The molecule has 2 heterocycles. The first kappa shape index (κ1) is 16.6. The zero-order chi connectivity index (χ0) is 17.1. The number of hydrogen-bond donors (Lipinski definition) is 1. The molecule has 0 saturated carbocycles. The van der Waals surface area contributed by atoms with E-state index in [9.17, 15) is 4.39 Å². The van der Waals surface area contributed by atoms with E-state index in [0.29, 0.717) is 11.0 Å². The fraction of sp³-hybridized carbons (Fsp3) is 0.429. The molecule has 4 rings (SSSR count). The molecule has 1 N–H and O–H groups in total. The number of hydrogen-bond acceptors (Lipinski definition) is 3. The summed E-state index contributed by atoms with van der Waals surface area (Å²) in [5, 5.41) is 3.51. The van der Waals surface area contributed by atoms with E-state index in [1.54, 1.807) is 12.1 Å². The first-order chi connectivity index (χ1) is 12.2. The molecule has 1 unspecified atom stereocenters. The first-order valence-corrected chi connectivity index (χ1v) is 9.11. The van der Waals surface area contributed by atoms with Crippen molar-refractivity contribution in [2.24, 2.45) is 5.41 Å². The zero-order valence-corrected chi connectivity index (χ0v) is 14.5. The lowest BCUT2D eigenvalue weighted by atomic mass is 9.86. The highest BCUT2D eigenvalue weighted by molar-refractivity contribution is 5.29. The Bertz CT molecular complexity index is 727. The molecule has 2 aliphatic rings. The standard InChI is InChI=1S/C21H25FN2O/c22-20-7-2-1-5-18(20)14-25-19-6-3-4-17(12-19)13-24-11-9-21(16-24)8-10-23-15-21/h1-7,12,23H,8-11,13-16H2. The van der Waals surface area contributed by atoms with Gasteiger partial charge < -0.3 is 10.1 Å². The third kappa shape index (κ3) is 3.86. The number of nitrogens with zero attached hydrogens (tertiary/aromatic N) is 1. The van der Waals surface area contributed by atoms with E-state index < -0.39 is 0 Å². The largest absolute Gasteiger partial charge is 0.489 e. The summed E-state index contributed by atoms with van der Waals surface area (Å²) < 4.78 is 19.5. The van der Waals surface area contributed by atoms with Gasteiger partial charge in [0.25, 0.3) is 0 Å². The van der Waals surface area contributed by atoms with E-state index in [1.165, 1.54) is 37.6 Å². The van der Waals surface area contributed by atoms with E-state index in [-0.39, 0.29) is 12.4 Å². The van der Waals surface area contributed by atoms with Crippen molar-refractivity contribution in [3.8, 4) is 5.75 Å².